The maximum absolute atomic E-state index is 13.0. The molecule has 0 unspecified atom stereocenters. The van der Waals surface area contributed by atoms with E-state index in [1.54, 1.807) is 30.1 Å². The monoisotopic (exact) mass is 401 g/mol. The Kier molecular flexibility index (Phi) is 4.89. The quantitative estimate of drug-likeness (QED) is 0.655. The van der Waals surface area contributed by atoms with Crippen LogP contribution >= 0.6 is 0 Å². The number of aromatic nitrogens is 4. The molecule has 0 saturated heterocycles. The van der Waals surface area contributed by atoms with Crippen molar-refractivity contribution < 1.29 is 18.3 Å². The summed E-state index contributed by atoms with van der Waals surface area (Å²) in [5, 5.41) is 8.16. The number of rotatable bonds is 7. The number of pyridine rings is 2. The Balaban J connectivity index is 1.50. The minimum atomic E-state index is -2.91. The van der Waals surface area contributed by atoms with Crippen LogP contribution in [-0.4, -0.2) is 38.2 Å². The van der Waals surface area contributed by atoms with E-state index in [0.29, 0.717) is 17.9 Å². The molecule has 1 amide bonds. The van der Waals surface area contributed by atoms with Crippen LogP contribution in [0.4, 0.5) is 14.6 Å². The second-order valence-corrected chi connectivity index (χ2v) is 7.51. The summed E-state index contributed by atoms with van der Waals surface area (Å²) in [4.78, 5) is 20.5. The summed E-state index contributed by atoms with van der Waals surface area (Å²) in [6.45, 7) is 2.28. The van der Waals surface area contributed by atoms with Crippen molar-refractivity contribution in [1.29, 1.82) is 0 Å². The van der Waals surface area contributed by atoms with Crippen LogP contribution in [-0.2, 0) is 11.3 Å². The SMILES string of the molecule is Cc1cc(Cn2cc3c(NC(=O)C4CC4)nccc3n2)cnc1OCC(C)(F)F. The summed E-state index contributed by atoms with van der Waals surface area (Å²) < 4.78 is 32.8. The highest BCUT2D eigenvalue weighted by Crippen LogP contribution is 2.31. The maximum Gasteiger partial charge on any atom is 0.278 e. The van der Waals surface area contributed by atoms with E-state index in [-0.39, 0.29) is 17.7 Å². The van der Waals surface area contributed by atoms with Crippen LogP contribution < -0.4 is 10.1 Å². The van der Waals surface area contributed by atoms with Crippen molar-refractivity contribution in [1.82, 2.24) is 19.7 Å². The smallest absolute Gasteiger partial charge is 0.278 e. The molecule has 0 aromatic carbocycles. The minimum absolute atomic E-state index is 0.00850. The first kappa shape index (κ1) is 19.2. The first-order chi connectivity index (χ1) is 13.8. The van der Waals surface area contributed by atoms with Gasteiger partial charge in [0.05, 0.1) is 17.4 Å². The van der Waals surface area contributed by atoms with E-state index in [1.165, 1.54) is 0 Å². The van der Waals surface area contributed by atoms with E-state index < -0.39 is 12.5 Å². The van der Waals surface area contributed by atoms with Gasteiger partial charge >= 0.3 is 0 Å². The van der Waals surface area contributed by atoms with Crippen molar-refractivity contribution in [3.05, 3.63) is 41.9 Å². The fraction of sp³-hybridized carbons (Fsp3) is 0.400. The highest BCUT2D eigenvalue weighted by Gasteiger charge is 2.30. The van der Waals surface area contributed by atoms with Crippen LogP contribution in [0, 0.1) is 12.8 Å². The third-order valence-corrected chi connectivity index (χ3v) is 4.56. The fourth-order valence-electron chi connectivity index (χ4n) is 2.98. The van der Waals surface area contributed by atoms with Crippen LogP contribution in [0.15, 0.2) is 30.7 Å². The van der Waals surface area contributed by atoms with Gasteiger partial charge in [-0.3, -0.25) is 9.48 Å². The molecule has 0 spiro atoms. The number of halogens is 2. The Bertz CT molecular complexity index is 1060. The molecular weight excluding hydrogens is 380 g/mol. The number of amides is 1. The third-order valence-electron chi connectivity index (χ3n) is 4.56. The summed E-state index contributed by atoms with van der Waals surface area (Å²) >= 11 is 0. The lowest BCUT2D eigenvalue weighted by molar-refractivity contribution is -0.117. The number of nitrogens with zero attached hydrogens (tertiary/aromatic N) is 4. The number of hydrogen-bond acceptors (Lipinski definition) is 5. The van der Waals surface area contributed by atoms with Gasteiger partial charge in [-0.05, 0) is 37.5 Å². The molecule has 0 aliphatic heterocycles. The number of carbonyl (C=O) groups excluding carboxylic acids is 1. The van der Waals surface area contributed by atoms with E-state index in [1.807, 2.05) is 12.3 Å². The van der Waals surface area contributed by atoms with Gasteiger partial charge in [-0.25, -0.2) is 18.7 Å². The van der Waals surface area contributed by atoms with E-state index in [9.17, 15) is 13.6 Å². The molecule has 1 aliphatic rings. The van der Waals surface area contributed by atoms with E-state index in [2.05, 4.69) is 20.4 Å². The molecule has 9 heteroatoms. The van der Waals surface area contributed by atoms with Crippen LogP contribution in [0.25, 0.3) is 10.9 Å². The first-order valence-electron chi connectivity index (χ1n) is 9.38. The number of alkyl halides is 2. The second-order valence-electron chi connectivity index (χ2n) is 7.51. The molecule has 0 radical (unpaired) electrons. The Labute approximate surface area is 166 Å². The Morgan fingerprint density at radius 3 is 2.86 bits per heavy atom. The van der Waals surface area contributed by atoms with Gasteiger partial charge in [0.1, 0.15) is 5.82 Å². The van der Waals surface area contributed by atoms with Crippen LogP contribution in [0.1, 0.15) is 30.9 Å². The summed E-state index contributed by atoms with van der Waals surface area (Å²) in [5.74, 6) is -2.14. The van der Waals surface area contributed by atoms with Crippen molar-refractivity contribution in [3.8, 4) is 5.88 Å². The Morgan fingerprint density at radius 1 is 1.38 bits per heavy atom. The largest absolute Gasteiger partial charge is 0.471 e. The molecule has 1 N–H and O–H groups in total. The lowest BCUT2D eigenvalue weighted by Gasteiger charge is -2.13. The number of hydrogen-bond donors (Lipinski definition) is 1. The summed E-state index contributed by atoms with van der Waals surface area (Å²) in [7, 11) is 0. The molecule has 1 aliphatic carbocycles. The van der Waals surface area contributed by atoms with Crippen molar-refractivity contribution in [3.63, 3.8) is 0 Å². The zero-order chi connectivity index (χ0) is 20.6. The molecule has 3 aromatic heterocycles. The number of anilines is 1. The van der Waals surface area contributed by atoms with Gasteiger partial charge in [0.2, 0.25) is 11.8 Å². The number of carbonyl (C=O) groups is 1. The summed E-state index contributed by atoms with van der Waals surface area (Å²) in [5.41, 5.74) is 2.24. The summed E-state index contributed by atoms with van der Waals surface area (Å²) in [6.07, 6.45) is 6.86. The normalized spacial score (nSPS) is 14.2. The van der Waals surface area contributed by atoms with Crippen molar-refractivity contribution in [2.24, 2.45) is 5.92 Å². The lowest BCUT2D eigenvalue weighted by Crippen LogP contribution is -2.21. The number of fused-ring (bicyclic) bond motifs is 1. The van der Waals surface area contributed by atoms with Gasteiger partial charge in [0, 0.05) is 37.0 Å². The van der Waals surface area contributed by atoms with Crippen molar-refractivity contribution in [2.45, 2.75) is 39.2 Å². The fourth-order valence-corrected chi connectivity index (χ4v) is 2.98. The van der Waals surface area contributed by atoms with Crippen molar-refractivity contribution in [2.75, 3.05) is 11.9 Å². The molecule has 4 rings (SSSR count). The van der Waals surface area contributed by atoms with Crippen LogP contribution in [0.5, 0.6) is 5.88 Å². The molecule has 1 saturated carbocycles. The number of nitrogens with one attached hydrogen (secondary N) is 1. The van der Waals surface area contributed by atoms with Crippen LogP contribution in [0.3, 0.4) is 0 Å². The molecule has 3 heterocycles. The topological polar surface area (TPSA) is 81.9 Å². The van der Waals surface area contributed by atoms with Gasteiger partial charge < -0.3 is 10.1 Å². The molecule has 3 aromatic rings. The standard InChI is InChI=1S/C20H21F2N5O2/c1-12-7-13(8-24-19(12)29-11-20(2,21)22)9-27-10-15-16(26-27)5-6-23-17(15)25-18(28)14-3-4-14/h5-8,10,14H,3-4,9,11H2,1-2H3,(H,23,25,28). The molecule has 152 valence electrons. The van der Waals surface area contributed by atoms with E-state index >= 15 is 0 Å². The summed E-state index contributed by atoms with van der Waals surface area (Å²) in [6, 6.07) is 3.61. The molecule has 7 nitrogen and oxygen atoms in total. The average molecular weight is 401 g/mol. The minimum Gasteiger partial charge on any atom is -0.471 e. The van der Waals surface area contributed by atoms with Crippen LogP contribution in [0.2, 0.25) is 0 Å². The zero-order valence-corrected chi connectivity index (χ0v) is 16.2. The highest BCUT2D eigenvalue weighted by atomic mass is 19.3. The first-order valence-corrected chi connectivity index (χ1v) is 9.38. The van der Waals surface area contributed by atoms with Gasteiger partial charge in [-0.1, -0.05) is 0 Å². The molecule has 0 bridgehead atoms. The number of ether oxygens (including phenoxy) is 1. The molecule has 29 heavy (non-hydrogen) atoms. The van der Waals surface area contributed by atoms with Gasteiger partial charge in [-0.15, -0.1) is 0 Å². The molecule has 0 atom stereocenters. The molecule has 1 fully saturated rings. The Hall–Kier alpha value is -3.10. The predicted molar refractivity (Wildman–Crippen MR) is 103 cm³/mol. The molecular formula is C20H21F2N5O2. The average Bonchev–Trinajstić information content (AvgIpc) is 3.41. The lowest BCUT2D eigenvalue weighted by atomic mass is 10.2. The third kappa shape index (κ3) is 4.67. The second kappa shape index (κ2) is 7.38. The highest BCUT2D eigenvalue weighted by molar-refractivity contribution is 6.00. The predicted octanol–water partition coefficient (Wildman–Crippen LogP) is 3.57. The van der Waals surface area contributed by atoms with E-state index in [4.69, 9.17) is 4.74 Å². The maximum atomic E-state index is 13.0. The zero-order valence-electron chi connectivity index (χ0n) is 16.2. The van der Waals surface area contributed by atoms with Gasteiger partial charge in [0.25, 0.3) is 5.92 Å². The van der Waals surface area contributed by atoms with Crippen molar-refractivity contribution >= 4 is 22.6 Å². The Morgan fingerprint density at radius 2 is 2.17 bits per heavy atom. The van der Waals surface area contributed by atoms with E-state index in [0.717, 1.165) is 36.2 Å². The number of aryl methyl sites for hydroxylation is 1. The van der Waals surface area contributed by atoms with Gasteiger partial charge in [0.15, 0.2) is 6.61 Å². The van der Waals surface area contributed by atoms with Gasteiger partial charge in [-0.2, -0.15) is 5.10 Å².